The highest BCUT2D eigenvalue weighted by molar-refractivity contribution is 5.95. The van der Waals surface area contributed by atoms with Crippen LogP contribution in [0.3, 0.4) is 0 Å². The molecule has 3 aromatic rings. The standard InChI is InChI=1S/C29H34N2O4/c1-31(25-14-17-33-18-15-25)16-19-34-27-12-7-8-23(20-27)21-30-29(32)28-13-6-5-9-24(28)22-35-26-10-3-2-4-11-26/h2-13,20,25H,14-19,21-22H2,1H3,(H,30,32). The summed E-state index contributed by atoms with van der Waals surface area (Å²) in [6, 6.07) is 25.6. The van der Waals surface area contributed by atoms with Crippen molar-refractivity contribution >= 4 is 5.91 Å². The summed E-state index contributed by atoms with van der Waals surface area (Å²) >= 11 is 0. The second-order valence-corrected chi connectivity index (χ2v) is 8.76. The van der Waals surface area contributed by atoms with Gasteiger partial charge in [0.1, 0.15) is 24.7 Å². The van der Waals surface area contributed by atoms with E-state index in [2.05, 4.69) is 17.3 Å². The summed E-state index contributed by atoms with van der Waals surface area (Å²) in [7, 11) is 2.15. The molecule has 35 heavy (non-hydrogen) atoms. The lowest BCUT2D eigenvalue weighted by Crippen LogP contribution is -2.38. The number of likely N-dealkylation sites (N-methyl/N-ethyl adjacent to an activating group) is 1. The predicted octanol–water partition coefficient (Wildman–Crippen LogP) is 4.69. The summed E-state index contributed by atoms with van der Waals surface area (Å²) in [4.78, 5) is 15.3. The van der Waals surface area contributed by atoms with Gasteiger partial charge in [0.15, 0.2) is 0 Å². The summed E-state index contributed by atoms with van der Waals surface area (Å²) in [6.07, 6.45) is 2.15. The van der Waals surface area contributed by atoms with Crippen molar-refractivity contribution in [2.45, 2.75) is 32.0 Å². The highest BCUT2D eigenvalue weighted by Crippen LogP contribution is 2.17. The quantitative estimate of drug-likeness (QED) is 0.437. The molecule has 1 amide bonds. The second-order valence-electron chi connectivity index (χ2n) is 8.76. The molecule has 0 aromatic heterocycles. The average Bonchev–Trinajstić information content (AvgIpc) is 2.92. The third kappa shape index (κ3) is 7.57. The minimum absolute atomic E-state index is 0.123. The summed E-state index contributed by atoms with van der Waals surface area (Å²) < 4.78 is 17.3. The zero-order valence-corrected chi connectivity index (χ0v) is 20.3. The van der Waals surface area contributed by atoms with Crippen molar-refractivity contribution < 1.29 is 19.0 Å². The van der Waals surface area contributed by atoms with Gasteiger partial charge in [0.05, 0.1) is 0 Å². The van der Waals surface area contributed by atoms with Gasteiger partial charge in [0.2, 0.25) is 0 Å². The number of hydrogen-bond donors (Lipinski definition) is 1. The number of carbonyl (C=O) groups excluding carboxylic acids is 1. The van der Waals surface area contributed by atoms with Gasteiger partial charge in [-0.05, 0) is 55.8 Å². The maximum absolute atomic E-state index is 12.9. The van der Waals surface area contributed by atoms with Crippen molar-refractivity contribution in [1.82, 2.24) is 10.2 Å². The van der Waals surface area contributed by atoms with Crippen LogP contribution in [0.1, 0.15) is 34.3 Å². The molecule has 0 unspecified atom stereocenters. The van der Waals surface area contributed by atoms with Crippen LogP contribution in [-0.2, 0) is 17.9 Å². The number of amides is 1. The molecule has 6 heteroatoms. The fraction of sp³-hybridized carbons (Fsp3) is 0.345. The first-order valence-corrected chi connectivity index (χ1v) is 12.2. The monoisotopic (exact) mass is 474 g/mol. The van der Waals surface area contributed by atoms with E-state index >= 15 is 0 Å². The molecule has 0 atom stereocenters. The molecule has 0 bridgehead atoms. The van der Waals surface area contributed by atoms with E-state index in [0.29, 0.717) is 31.4 Å². The number of nitrogens with one attached hydrogen (secondary N) is 1. The first kappa shape index (κ1) is 24.8. The smallest absolute Gasteiger partial charge is 0.251 e. The number of hydrogen-bond acceptors (Lipinski definition) is 5. The van der Waals surface area contributed by atoms with Crippen LogP contribution in [0.25, 0.3) is 0 Å². The van der Waals surface area contributed by atoms with Crippen molar-refractivity contribution in [3.63, 3.8) is 0 Å². The number of nitrogens with zero attached hydrogens (tertiary/aromatic N) is 1. The van der Waals surface area contributed by atoms with Gasteiger partial charge in [-0.1, -0.05) is 48.5 Å². The Morgan fingerprint density at radius 2 is 1.69 bits per heavy atom. The first-order valence-electron chi connectivity index (χ1n) is 12.2. The molecule has 1 saturated heterocycles. The minimum atomic E-state index is -0.123. The van der Waals surface area contributed by atoms with Crippen LogP contribution in [0, 0.1) is 0 Å². The van der Waals surface area contributed by atoms with Gasteiger partial charge >= 0.3 is 0 Å². The molecule has 3 aromatic carbocycles. The van der Waals surface area contributed by atoms with E-state index in [1.807, 2.05) is 78.9 Å². The molecule has 0 spiro atoms. The largest absolute Gasteiger partial charge is 0.492 e. The summed E-state index contributed by atoms with van der Waals surface area (Å²) in [5.74, 6) is 1.47. The SMILES string of the molecule is CN(CCOc1cccc(CNC(=O)c2ccccc2COc2ccccc2)c1)C1CCOCC1. The predicted molar refractivity (Wildman–Crippen MR) is 137 cm³/mol. The molecule has 1 fully saturated rings. The van der Waals surface area contributed by atoms with Gasteiger partial charge in [-0.15, -0.1) is 0 Å². The maximum Gasteiger partial charge on any atom is 0.251 e. The summed E-state index contributed by atoms with van der Waals surface area (Å²) in [6.45, 7) is 3.93. The Morgan fingerprint density at radius 1 is 0.943 bits per heavy atom. The molecule has 1 heterocycles. The Morgan fingerprint density at radius 3 is 2.51 bits per heavy atom. The summed E-state index contributed by atoms with van der Waals surface area (Å²) in [5.41, 5.74) is 2.46. The molecule has 0 saturated carbocycles. The number of para-hydroxylation sites is 1. The Balaban J connectivity index is 1.26. The Bertz CT molecular complexity index is 1070. The van der Waals surface area contributed by atoms with Crippen LogP contribution in [0.15, 0.2) is 78.9 Å². The summed E-state index contributed by atoms with van der Waals surface area (Å²) in [5, 5.41) is 3.03. The fourth-order valence-corrected chi connectivity index (χ4v) is 4.18. The Hall–Kier alpha value is -3.35. The molecular weight excluding hydrogens is 440 g/mol. The number of ether oxygens (including phenoxy) is 3. The van der Waals surface area contributed by atoms with E-state index < -0.39 is 0 Å². The van der Waals surface area contributed by atoms with E-state index in [4.69, 9.17) is 14.2 Å². The van der Waals surface area contributed by atoms with Crippen molar-refractivity contribution in [2.75, 3.05) is 33.4 Å². The molecule has 0 aliphatic carbocycles. The Kier molecular flexibility index (Phi) is 9.15. The van der Waals surface area contributed by atoms with Crippen LogP contribution >= 0.6 is 0 Å². The molecule has 1 aliphatic rings. The molecule has 4 rings (SSSR count). The third-order valence-electron chi connectivity index (χ3n) is 6.28. The zero-order chi connectivity index (χ0) is 24.3. The molecule has 184 valence electrons. The lowest BCUT2D eigenvalue weighted by Gasteiger charge is -2.31. The number of rotatable bonds is 11. The van der Waals surface area contributed by atoms with E-state index in [1.165, 1.54) is 0 Å². The van der Waals surface area contributed by atoms with Gasteiger partial charge in [0.25, 0.3) is 5.91 Å². The van der Waals surface area contributed by atoms with E-state index in [9.17, 15) is 4.79 Å². The second kappa shape index (κ2) is 12.9. The van der Waals surface area contributed by atoms with Gasteiger partial charge in [-0.2, -0.15) is 0 Å². The number of benzene rings is 3. The highest BCUT2D eigenvalue weighted by Gasteiger charge is 2.18. The van der Waals surface area contributed by atoms with Crippen molar-refractivity contribution in [3.05, 3.63) is 95.6 Å². The van der Waals surface area contributed by atoms with Gasteiger partial charge in [-0.25, -0.2) is 0 Å². The molecule has 1 N–H and O–H groups in total. The van der Waals surface area contributed by atoms with Crippen molar-refractivity contribution in [3.8, 4) is 11.5 Å². The molecular formula is C29H34N2O4. The Labute approximate surface area is 207 Å². The van der Waals surface area contributed by atoms with Crippen molar-refractivity contribution in [1.29, 1.82) is 0 Å². The topological polar surface area (TPSA) is 60.0 Å². The van der Waals surface area contributed by atoms with Crippen molar-refractivity contribution in [2.24, 2.45) is 0 Å². The lowest BCUT2D eigenvalue weighted by molar-refractivity contribution is 0.0392. The van der Waals surface area contributed by atoms with Crippen LogP contribution in [-0.4, -0.2) is 50.3 Å². The molecule has 0 radical (unpaired) electrons. The highest BCUT2D eigenvalue weighted by atomic mass is 16.5. The van der Waals surface area contributed by atoms with E-state index in [0.717, 1.165) is 55.2 Å². The van der Waals surface area contributed by atoms with Gasteiger partial charge in [-0.3, -0.25) is 9.69 Å². The first-order chi connectivity index (χ1) is 17.2. The fourth-order valence-electron chi connectivity index (χ4n) is 4.18. The van der Waals surface area contributed by atoms with Crippen LogP contribution in [0.5, 0.6) is 11.5 Å². The number of carbonyl (C=O) groups is 1. The van der Waals surface area contributed by atoms with Gasteiger partial charge in [0, 0.05) is 43.5 Å². The maximum atomic E-state index is 12.9. The normalized spacial score (nSPS) is 14.0. The molecule has 6 nitrogen and oxygen atoms in total. The zero-order valence-electron chi connectivity index (χ0n) is 20.3. The van der Waals surface area contributed by atoms with Gasteiger partial charge < -0.3 is 19.5 Å². The van der Waals surface area contributed by atoms with E-state index in [1.54, 1.807) is 0 Å². The van der Waals surface area contributed by atoms with Crippen LogP contribution < -0.4 is 14.8 Å². The molecule has 1 aliphatic heterocycles. The third-order valence-corrected chi connectivity index (χ3v) is 6.28. The lowest BCUT2D eigenvalue weighted by atomic mass is 10.1. The minimum Gasteiger partial charge on any atom is -0.492 e. The average molecular weight is 475 g/mol. The van der Waals surface area contributed by atoms with E-state index in [-0.39, 0.29) is 5.91 Å². The van der Waals surface area contributed by atoms with Crippen LogP contribution in [0.2, 0.25) is 0 Å². The van der Waals surface area contributed by atoms with Crippen LogP contribution in [0.4, 0.5) is 0 Å².